The van der Waals surface area contributed by atoms with Crippen LogP contribution in [0.25, 0.3) is 0 Å². The quantitative estimate of drug-likeness (QED) is 0.915. The molecule has 0 saturated heterocycles. The SMILES string of the molecule is CC1CC1(C(=O)O)S(=O)(=O)c1ccccc1Cl. The highest BCUT2D eigenvalue weighted by Gasteiger charge is 2.68. The van der Waals surface area contributed by atoms with Gasteiger partial charge in [-0.25, -0.2) is 8.42 Å². The Morgan fingerprint density at radius 2 is 2.00 bits per heavy atom. The molecule has 0 aliphatic heterocycles. The molecule has 92 valence electrons. The van der Waals surface area contributed by atoms with Gasteiger partial charge < -0.3 is 5.11 Å². The molecule has 1 aliphatic rings. The number of rotatable bonds is 3. The van der Waals surface area contributed by atoms with E-state index in [1.54, 1.807) is 13.0 Å². The van der Waals surface area contributed by atoms with E-state index in [1.807, 2.05) is 0 Å². The van der Waals surface area contributed by atoms with Gasteiger partial charge in [-0.15, -0.1) is 0 Å². The summed E-state index contributed by atoms with van der Waals surface area (Å²) in [6, 6.07) is 5.91. The van der Waals surface area contributed by atoms with Gasteiger partial charge in [0.25, 0.3) is 0 Å². The van der Waals surface area contributed by atoms with Crippen LogP contribution in [-0.4, -0.2) is 24.2 Å². The van der Waals surface area contributed by atoms with Gasteiger partial charge in [-0.2, -0.15) is 0 Å². The number of sulfone groups is 1. The van der Waals surface area contributed by atoms with Crippen molar-refractivity contribution in [3.8, 4) is 0 Å². The maximum atomic E-state index is 12.3. The van der Waals surface area contributed by atoms with Crippen LogP contribution in [0.2, 0.25) is 5.02 Å². The van der Waals surface area contributed by atoms with Gasteiger partial charge >= 0.3 is 5.97 Å². The predicted molar refractivity (Wildman–Crippen MR) is 62.8 cm³/mol. The summed E-state index contributed by atoms with van der Waals surface area (Å²) in [7, 11) is -3.94. The zero-order chi connectivity index (χ0) is 12.8. The molecule has 0 spiro atoms. The number of benzene rings is 1. The maximum Gasteiger partial charge on any atom is 0.325 e. The monoisotopic (exact) mass is 274 g/mol. The fraction of sp³-hybridized carbons (Fsp3) is 0.364. The molecule has 2 unspecified atom stereocenters. The number of carboxylic acids is 1. The molecule has 2 rings (SSSR count). The van der Waals surface area contributed by atoms with Gasteiger partial charge in [0.2, 0.25) is 0 Å². The molecule has 0 aromatic heterocycles. The normalized spacial score (nSPS) is 27.8. The van der Waals surface area contributed by atoms with Crippen molar-refractivity contribution in [2.75, 3.05) is 0 Å². The van der Waals surface area contributed by atoms with Crippen molar-refractivity contribution in [3.63, 3.8) is 0 Å². The van der Waals surface area contributed by atoms with E-state index >= 15 is 0 Å². The maximum absolute atomic E-state index is 12.3. The van der Waals surface area contributed by atoms with Crippen molar-refractivity contribution in [2.45, 2.75) is 23.0 Å². The van der Waals surface area contributed by atoms with E-state index in [0.717, 1.165) is 0 Å². The van der Waals surface area contributed by atoms with Crippen LogP contribution in [0.1, 0.15) is 13.3 Å². The summed E-state index contributed by atoms with van der Waals surface area (Å²) in [5.41, 5.74) is 0. The lowest BCUT2D eigenvalue weighted by atomic mass is 10.3. The van der Waals surface area contributed by atoms with Crippen LogP contribution in [0.3, 0.4) is 0 Å². The molecule has 1 aromatic carbocycles. The summed E-state index contributed by atoms with van der Waals surface area (Å²) in [5.74, 6) is -1.69. The van der Waals surface area contributed by atoms with Crippen molar-refractivity contribution in [2.24, 2.45) is 5.92 Å². The minimum atomic E-state index is -3.94. The molecule has 1 fully saturated rings. The van der Waals surface area contributed by atoms with E-state index in [1.165, 1.54) is 18.2 Å². The molecule has 1 N–H and O–H groups in total. The Morgan fingerprint density at radius 1 is 1.47 bits per heavy atom. The lowest BCUT2D eigenvalue weighted by Gasteiger charge is -2.13. The summed E-state index contributed by atoms with van der Waals surface area (Å²) in [5, 5.41) is 9.20. The van der Waals surface area contributed by atoms with Gasteiger partial charge in [0.1, 0.15) is 0 Å². The number of hydrogen-bond donors (Lipinski definition) is 1. The lowest BCUT2D eigenvalue weighted by molar-refractivity contribution is -0.137. The summed E-state index contributed by atoms with van der Waals surface area (Å²) in [4.78, 5) is 11.1. The van der Waals surface area contributed by atoms with Gasteiger partial charge in [-0.3, -0.25) is 4.79 Å². The van der Waals surface area contributed by atoms with E-state index < -0.39 is 20.6 Å². The molecular weight excluding hydrogens is 264 g/mol. The van der Waals surface area contributed by atoms with E-state index in [-0.39, 0.29) is 22.3 Å². The van der Waals surface area contributed by atoms with Crippen LogP contribution in [-0.2, 0) is 14.6 Å². The Balaban J connectivity index is 2.60. The first-order chi connectivity index (χ1) is 7.84. The average Bonchev–Trinajstić information content (AvgIpc) is 2.92. The highest BCUT2D eigenvalue weighted by atomic mass is 35.5. The molecule has 4 nitrogen and oxygen atoms in total. The molecule has 2 atom stereocenters. The second-order valence-electron chi connectivity index (χ2n) is 4.23. The predicted octanol–water partition coefficient (Wildman–Crippen LogP) is 1.98. The second-order valence-corrected chi connectivity index (χ2v) is 6.82. The number of carboxylic acid groups (broad SMARTS) is 1. The van der Waals surface area contributed by atoms with Crippen LogP contribution >= 0.6 is 11.6 Å². The molecule has 1 aromatic rings. The molecule has 0 amide bonds. The number of aliphatic carboxylic acids is 1. The number of carbonyl (C=O) groups is 1. The van der Waals surface area contributed by atoms with Crippen LogP contribution in [0, 0.1) is 5.92 Å². The number of hydrogen-bond acceptors (Lipinski definition) is 3. The Bertz CT molecular complexity index is 581. The van der Waals surface area contributed by atoms with E-state index in [0.29, 0.717) is 0 Å². The minimum absolute atomic E-state index is 0.0622. The zero-order valence-corrected chi connectivity index (χ0v) is 10.6. The Hall–Kier alpha value is -1.07. The van der Waals surface area contributed by atoms with Crippen molar-refractivity contribution >= 4 is 27.4 Å². The third-order valence-corrected chi connectivity index (χ3v) is 6.29. The van der Waals surface area contributed by atoms with Crippen molar-refractivity contribution < 1.29 is 18.3 Å². The zero-order valence-electron chi connectivity index (χ0n) is 9.05. The fourth-order valence-electron chi connectivity index (χ4n) is 2.04. The largest absolute Gasteiger partial charge is 0.480 e. The highest BCUT2D eigenvalue weighted by Crippen LogP contribution is 2.53. The minimum Gasteiger partial charge on any atom is -0.480 e. The molecule has 1 aliphatic carbocycles. The molecule has 0 radical (unpaired) electrons. The van der Waals surface area contributed by atoms with E-state index in [2.05, 4.69) is 0 Å². The van der Waals surface area contributed by atoms with Crippen LogP contribution < -0.4 is 0 Å². The van der Waals surface area contributed by atoms with Crippen LogP contribution in [0.15, 0.2) is 29.2 Å². The number of halogens is 1. The van der Waals surface area contributed by atoms with E-state index in [4.69, 9.17) is 16.7 Å². The van der Waals surface area contributed by atoms with Gasteiger partial charge in [-0.05, 0) is 24.5 Å². The topological polar surface area (TPSA) is 71.4 Å². The van der Waals surface area contributed by atoms with Gasteiger partial charge in [-0.1, -0.05) is 30.7 Å². The Kier molecular flexibility index (Phi) is 2.71. The third kappa shape index (κ3) is 1.57. The first kappa shape index (κ1) is 12.4. The highest BCUT2D eigenvalue weighted by molar-refractivity contribution is 7.94. The average molecular weight is 275 g/mol. The summed E-state index contributed by atoms with van der Waals surface area (Å²) >= 11 is 5.82. The van der Waals surface area contributed by atoms with E-state index in [9.17, 15) is 13.2 Å². The molecular formula is C11H11ClO4S. The van der Waals surface area contributed by atoms with Gasteiger partial charge in [0.15, 0.2) is 14.6 Å². The van der Waals surface area contributed by atoms with Gasteiger partial charge in [0, 0.05) is 0 Å². The Morgan fingerprint density at radius 3 is 2.41 bits per heavy atom. The smallest absolute Gasteiger partial charge is 0.325 e. The second kappa shape index (κ2) is 3.71. The van der Waals surface area contributed by atoms with Crippen LogP contribution in [0.4, 0.5) is 0 Å². The van der Waals surface area contributed by atoms with Gasteiger partial charge in [0.05, 0.1) is 9.92 Å². The molecule has 6 heteroatoms. The fourth-order valence-corrected chi connectivity index (χ4v) is 4.69. The standard InChI is InChI=1S/C11H11ClO4S/c1-7-6-11(7,10(13)14)17(15,16)9-5-3-2-4-8(9)12/h2-5,7H,6H2,1H3,(H,13,14). The lowest BCUT2D eigenvalue weighted by Crippen LogP contribution is -2.34. The Labute approximate surface area is 104 Å². The molecule has 0 bridgehead atoms. The first-order valence-electron chi connectivity index (χ1n) is 5.06. The summed E-state index contributed by atoms with van der Waals surface area (Å²) in [6.45, 7) is 1.61. The molecule has 17 heavy (non-hydrogen) atoms. The summed E-state index contributed by atoms with van der Waals surface area (Å²) in [6.07, 6.45) is 0.135. The van der Waals surface area contributed by atoms with Crippen molar-refractivity contribution in [1.82, 2.24) is 0 Å². The third-order valence-electron chi connectivity index (χ3n) is 3.21. The first-order valence-corrected chi connectivity index (χ1v) is 6.92. The summed E-state index contributed by atoms with van der Waals surface area (Å²) < 4.78 is 23.0. The van der Waals surface area contributed by atoms with Crippen molar-refractivity contribution in [1.29, 1.82) is 0 Å². The molecule has 0 heterocycles. The van der Waals surface area contributed by atoms with Crippen molar-refractivity contribution in [3.05, 3.63) is 29.3 Å². The molecule has 1 saturated carbocycles. The van der Waals surface area contributed by atoms with Crippen LogP contribution in [0.5, 0.6) is 0 Å².